The lowest BCUT2D eigenvalue weighted by atomic mass is 10.2. The molecular formula is C17H23N3S. The van der Waals surface area contributed by atoms with Crippen molar-refractivity contribution in [3.8, 4) is 0 Å². The second kappa shape index (κ2) is 9.42. The van der Waals surface area contributed by atoms with Crippen LogP contribution in [0, 0.1) is 0 Å². The van der Waals surface area contributed by atoms with E-state index in [-0.39, 0.29) is 0 Å². The summed E-state index contributed by atoms with van der Waals surface area (Å²) in [4.78, 5) is 5.56. The molecule has 0 amide bonds. The Morgan fingerprint density at radius 1 is 1.00 bits per heavy atom. The summed E-state index contributed by atoms with van der Waals surface area (Å²) in [6, 6.07) is 14.7. The van der Waals surface area contributed by atoms with Gasteiger partial charge in [0.15, 0.2) is 0 Å². The lowest BCUT2D eigenvalue weighted by molar-refractivity contribution is 0.632. The largest absolute Gasteiger partial charge is 0.370 e. The molecule has 3 nitrogen and oxygen atoms in total. The fourth-order valence-corrected chi connectivity index (χ4v) is 2.44. The molecule has 112 valence electrons. The van der Waals surface area contributed by atoms with Crippen molar-refractivity contribution in [2.45, 2.75) is 24.3 Å². The Labute approximate surface area is 131 Å². The third-order valence-electron chi connectivity index (χ3n) is 3.24. The van der Waals surface area contributed by atoms with Crippen molar-refractivity contribution in [1.82, 2.24) is 10.3 Å². The summed E-state index contributed by atoms with van der Waals surface area (Å²) >= 11 is 1.78. The zero-order chi connectivity index (χ0) is 14.8. The molecule has 1 aromatic heterocycles. The Hall–Kier alpha value is -1.52. The summed E-state index contributed by atoms with van der Waals surface area (Å²) in [5.41, 5.74) is 1.35. The van der Waals surface area contributed by atoms with E-state index in [0.29, 0.717) is 0 Å². The van der Waals surface area contributed by atoms with Crippen LogP contribution in [-0.2, 0) is 6.54 Å². The zero-order valence-corrected chi connectivity index (χ0v) is 13.3. The fraction of sp³-hybridized carbons (Fsp3) is 0.353. The number of thioether (sulfide) groups is 1. The minimum Gasteiger partial charge on any atom is -0.370 e. The molecule has 0 radical (unpaired) electrons. The Balaban J connectivity index is 1.51. The van der Waals surface area contributed by atoms with Gasteiger partial charge in [0.05, 0.1) is 0 Å². The van der Waals surface area contributed by atoms with Crippen LogP contribution in [0.15, 0.2) is 53.6 Å². The average Bonchev–Trinajstić information content (AvgIpc) is 2.55. The van der Waals surface area contributed by atoms with E-state index in [4.69, 9.17) is 0 Å². The van der Waals surface area contributed by atoms with Crippen LogP contribution in [0.4, 0.5) is 5.82 Å². The maximum absolute atomic E-state index is 4.24. The molecule has 0 unspecified atom stereocenters. The number of rotatable bonds is 9. The number of hydrogen-bond donors (Lipinski definition) is 2. The molecule has 2 aromatic rings. The van der Waals surface area contributed by atoms with Gasteiger partial charge in [0.2, 0.25) is 0 Å². The van der Waals surface area contributed by atoms with Gasteiger partial charge in [-0.15, -0.1) is 11.8 Å². The molecule has 0 spiro atoms. The molecule has 0 saturated heterocycles. The highest BCUT2D eigenvalue weighted by Crippen LogP contribution is 2.14. The Bertz CT molecular complexity index is 499. The molecule has 0 aliphatic heterocycles. The number of nitrogens with zero attached hydrogens (tertiary/aromatic N) is 1. The molecule has 2 N–H and O–H groups in total. The van der Waals surface area contributed by atoms with E-state index in [1.165, 1.54) is 16.9 Å². The van der Waals surface area contributed by atoms with Crippen LogP contribution in [0.25, 0.3) is 0 Å². The summed E-state index contributed by atoms with van der Waals surface area (Å²) in [5, 5.41) is 6.81. The van der Waals surface area contributed by atoms with Crippen molar-refractivity contribution < 1.29 is 0 Å². The van der Waals surface area contributed by atoms with E-state index in [2.05, 4.69) is 46.1 Å². The van der Waals surface area contributed by atoms with Gasteiger partial charge in [-0.05, 0) is 55.5 Å². The molecule has 2 rings (SSSR count). The number of aromatic nitrogens is 1. The van der Waals surface area contributed by atoms with Crippen LogP contribution >= 0.6 is 11.8 Å². The lowest BCUT2D eigenvalue weighted by Crippen LogP contribution is -2.15. The van der Waals surface area contributed by atoms with Gasteiger partial charge in [-0.3, -0.25) is 0 Å². The topological polar surface area (TPSA) is 37.0 Å². The molecule has 0 fully saturated rings. The highest BCUT2D eigenvalue weighted by atomic mass is 32.2. The van der Waals surface area contributed by atoms with Crippen molar-refractivity contribution in [2.24, 2.45) is 0 Å². The van der Waals surface area contributed by atoms with Gasteiger partial charge in [-0.2, -0.15) is 0 Å². The van der Waals surface area contributed by atoms with Crippen molar-refractivity contribution in [3.63, 3.8) is 0 Å². The molecule has 4 heteroatoms. The van der Waals surface area contributed by atoms with Crippen molar-refractivity contribution in [2.75, 3.05) is 24.7 Å². The van der Waals surface area contributed by atoms with E-state index >= 15 is 0 Å². The number of unbranched alkanes of at least 4 members (excludes halogenated alkanes) is 1. The predicted molar refractivity (Wildman–Crippen MR) is 91.9 cm³/mol. The smallest absolute Gasteiger partial charge is 0.125 e. The highest BCUT2D eigenvalue weighted by Gasteiger charge is 1.95. The molecule has 0 aliphatic carbocycles. The molecule has 0 aliphatic rings. The monoisotopic (exact) mass is 301 g/mol. The quantitative estimate of drug-likeness (QED) is 0.546. The van der Waals surface area contributed by atoms with E-state index < -0.39 is 0 Å². The molecular weight excluding hydrogens is 278 g/mol. The van der Waals surface area contributed by atoms with Gasteiger partial charge in [-0.1, -0.05) is 18.2 Å². The van der Waals surface area contributed by atoms with Crippen LogP contribution in [0.5, 0.6) is 0 Å². The van der Waals surface area contributed by atoms with Gasteiger partial charge in [0, 0.05) is 24.2 Å². The highest BCUT2D eigenvalue weighted by molar-refractivity contribution is 7.98. The molecule has 1 heterocycles. The standard InChI is InChI=1S/C17H23N3S/c1-21-16-9-7-15(8-10-16)14-18-11-4-5-13-20-17-6-2-3-12-19-17/h2-3,6-10,12,18H,4-5,11,13-14H2,1H3,(H,19,20). The average molecular weight is 301 g/mol. The summed E-state index contributed by atoms with van der Waals surface area (Å²) in [7, 11) is 0. The first kappa shape index (κ1) is 15.9. The minimum absolute atomic E-state index is 0.947. The maximum Gasteiger partial charge on any atom is 0.125 e. The first-order valence-electron chi connectivity index (χ1n) is 7.37. The molecule has 0 atom stereocenters. The Morgan fingerprint density at radius 2 is 1.81 bits per heavy atom. The lowest BCUT2D eigenvalue weighted by Gasteiger charge is -2.07. The van der Waals surface area contributed by atoms with Gasteiger partial charge < -0.3 is 10.6 Å². The van der Waals surface area contributed by atoms with E-state index in [9.17, 15) is 0 Å². The fourth-order valence-electron chi connectivity index (χ4n) is 2.03. The first-order valence-corrected chi connectivity index (χ1v) is 8.59. The van der Waals surface area contributed by atoms with Gasteiger partial charge in [0.1, 0.15) is 5.82 Å². The number of benzene rings is 1. The molecule has 21 heavy (non-hydrogen) atoms. The van der Waals surface area contributed by atoms with Crippen molar-refractivity contribution in [3.05, 3.63) is 54.2 Å². The summed E-state index contributed by atoms with van der Waals surface area (Å²) < 4.78 is 0. The van der Waals surface area contributed by atoms with Gasteiger partial charge in [0.25, 0.3) is 0 Å². The third-order valence-corrected chi connectivity index (χ3v) is 3.98. The second-order valence-corrected chi connectivity index (χ2v) is 5.75. The minimum atomic E-state index is 0.947. The molecule has 1 aromatic carbocycles. The number of hydrogen-bond acceptors (Lipinski definition) is 4. The molecule has 0 saturated carbocycles. The predicted octanol–water partition coefficient (Wildman–Crippen LogP) is 3.79. The van der Waals surface area contributed by atoms with Crippen LogP contribution in [-0.4, -0.2) is 24.3 Å². The Morgan fingerprint density at radius 3 is 2.52 bits per heavy atom. The normalized spacial score (nSPS) is 10.5. The number of nitrogens with one attached hydrogen (secondary N) is 2. The van der Waals surface area contributed by atoms with E-state index in [0.717, 1.165) is 31.9 Å². The van der Waals surface area contributed by atoms with Crippen LogP contribution in [0.1, 0.15) is 18.4 Å². The van der Waals surface area contributed by atoms with Gasteiger partial charge in [-0.25, -0.2) is 4.98 Å². The van der Waals surface area contributed by atoms with Crippen molar-refractivity contribution in [1.29, 1.82) is 0 Å². The van der Waals surface area contributed by atoms with E-state index in [1.807, 2.05) is 24.4 Å². The third kappa shape index (κ3) is 6.19. The van der Waals surface area contributed by atoms with Crippen LogP contribution in [0.3, 0.4) is 0 Å². The number of pyridine rings is 1. The Kier molecular flexibility index (Phi) is 7.12. The van der Waals surface area contributed by atoms with Gasteiger partial charge >= 0.3 is 0 Å². The van der Waals surface area contributed by atoms with E-state index in [1.54, 1.807) is 11.8 Å². The SMILES string of the molecule is CSc1ccc(CNCCCCNc2ccccn2)cc1. The van der Waals surface area contributed by atoms with Crippen LogP contribution < -0.4 is 10.6 Å². The summed E-state index contributed by atoms with van der Waals surface area (Å²) in [5.74, 6) is 0.958. The number of anilines is 1. The zero-order valence-electron chi connectivity index (χ0n) is 12.5. The first-order chi connectivity index (χ1) is 10.4. The van der Waals surface area contributed by atoms with Crippen molar-refractivity contribution >= 4 is 17.6 Å². The maximum atomic E-state index is 4.24. The summed E-state index contributed by atoms with van der Waals surface area (Å²) in [6.07, 6.45) is 6.23. The summed E-state index contributed by atoms with van der Waals surface area (Å²) in [6.45, 7) is 2.97. The molecule has 0 bridgehead atoms. The van der Waals surface area contributed by atoms with Crippen LogP contribution in [0.2, 0.25) is 0 Å². The second-order valence-electron chi connectivity index (χ2n) is 4.87.